The third-order valence-corrected chi connectivity index (χ3v) is 11.4. The molecule has 43 heavy (non-hydrogen) atoms. The largest absolute Gasteiger partial charge is 0.619 e. The van der Waals surface area contributed by atoms with Gasteiger partial charge in [-0.3, -0.25) is 9.59 Å². The minimum absolute atomic E-state index is 0.0651. The number of ether oxygens (including phenoxy) is 4. The first-order valence-electron chi connectivity index (χ1n) is 15.6. The minimum atomic E-state index is -1.12. The standard InChI is InChI=1S/C33H41NO9/c1-31-11-10-26(42-30(38)19-8-9-19)32(2,17-41-29(37)18-6-7-18)24(31)14-25(35)33(3)28(31)27(36)21-16-40-22(13-23(21)43-33)20-5-4-12-34(39)15-20/h4-5,12-13,15,18-19,24-28,35-36H,6-11,14,16-17H2,1-3H3/t24-,25+,26+,27+,28-,31+,32+,33-/m1/s1. The van der Waals surface area contributed by atoms with Crippen LogP contribution in [0, 0.1) is 39.7 Å². The van der Waals surface area contributed by atoms with E-state index in [4.69, 9.17) is 18.9 Å². The summed E-state index contributed by atoms with van der Waals surface area (Å²) in [6.07, 6.45) is 6.92. The molecule has 3 heterocycles. The van der Waals surface area contributed by atoms with E-state index in [1.807, 2.05) is 13.8 Å². The van der Waals surface area contributed by atoms with Crippen molar-refractivity contribution in [1.29, 1.82) is 0 Å². The molecule has 0 amide bonds. The molecule has 4 aliphatic carbocycles. The highest BCUT2D eigenvalue weighted by atomic mass is 16.6. The Morgan fingerprint density at radius 3 is 2.51 bits per heavy atom. The van der Waals surface area contributed by atoms with E-state index < -0.39 is 40.7 Å². The maximum absolute atomic E-state index is 12.9. The Kier molecular flexibility index (Phi) is 6.63. The van der Waals surface area contributed by atoms with Crippen molar-refractivity contribution in [2.24, 2.45) is 34.5 Å². The molecule has 0 aromatic carbocycles. The van der Waals surface area contributed by atoms with E-state index in [2.05, 4.69) is 6.92 Å². The number of rotatable bonds is 6. The Hall–Kier alpha value is -3.11. The van der Waals surface area contributed by atoms with Crippen molar-refractivity contribution in [3.8, 4) is 0 Å². The molecular weight excluding hydrogens is 554 g/mol. The van der Waals surface area contributed by atoms with Crippen LogP contribution in [-0.2, 0) is 28.5 Å². The lowest BCUT2D eigenvalue weighted by molar-refractivity contribution is -0.605. The van der Waals surface area contributed by atoms with Gasteiger partial charge in [0.2, 0.25) is 0 Å². The van der Waals surface area contributed by atoms with Gasteiger partial charge < -0.3 is 34.4 Å². The highest BCUT2D eigenvalue weighted by Crippen LogP contribution is 2.66. The molecule has 7 rings (SSSR count). The molecule has 0 bridgehead atoms. The summed E-state index contributed by atoms with van der Waals surface area (Å²) in [5, 5.41) is 35.8. The second-order valence-electron chi connectivity index (χ2n) is 14.3. The van der Waals surface area contributed by atoms with Crippen LogP contribution in [0.25, 0.3) is 5.76 Å². The molecule has 232 valence electrons. The average molecular weight is 596 g/mol. The number of aliphatic hydroxyl groups excluding tert-OH is 2. The summed E-state index contributed by atoms with van der Waals surface area (Å²) >= 11 is 0. The molecule has 4 saturated carbocycles. The number of nitrogens with zero attached hydrogens (tertiary/aromatic N) is 1. The number of allylic oxidation sites excluding steroid dienone is 1. The SMILES string of the molecule is C[C@]1(COC(=O)C2CC2)[C@@H]2C[C@H](O)[C@@]3(C)OC4=C(COC(c5ccc[n+]([O-])c5)=C4)[C@H](O)[C@@H]3[C@@]2(C)CC[C@@H]1OC(=O)C1CC1. The summed E-state index contributed by atoms with van der Waals surface area (Å²) in [4.78, 5) is 25.6. The van der Waals surface area contributed by atoms with E-state index >= 15 is 0 Å². The lowest BCUT2D eigenvalue weighted by Crippen LogP contribution is -2.71. The number of hydrogen-bond donors (Lipinski definition) is 2. The smallest absolute Gasteiger partial charge is 0.309 e. The third kappa shape index (κ3) is 4.63. The zero-order chi connectivity index (χ0) is 30.3. The predicted molar refractivity (Wildman–Crippen MR) is 151 cm³/mol. The molecule has 10 nitrogen and oxygen atoms in total. The number of fused-ring (bicyclic) bond motifs is 3. The molecule has 1 aromatic rings. The number of carbonyl (C=O) groups is 2. The van der Waals surface area contributed by atoms with Gasteiger partial charge in [-0.1, -0.05) is 13.8 Å². The van der Waals surface area contributed by atoms with Crippen LogP contribution >= 0.6 is 0 Å². The first kappa shape index (κ1) is 28.6. The van der Waals surface area contributed by atoms with Crippen LogP contribution in [0.1, 0.15) is 71.3 Å². The fourth-order valence-corrected chi connectivity index (χ4v) is 8.58. The van der Waals surface area contributed by atoms with Crippen LogP contribution < -0.4 is 4.73 Å². The molecule has 0 radical (unpaired) electrons. The van der Waals surface area contributed by atoms with Crippen molar-refractivity contribution >= 4 is 17.7 Å². The molecule has 4 fully saturated rings. The lowest BCUT2D eigenvalue weighted by atomic mass is 9.42. The van der Waals surface area contributed by atoms with Gasteiger partial charge in [0, 0.05) is 29.0 Å². The molecule has 2 N–H and O–H groups in total. The molecule has 6 aliphatic rings. The van der Waals surface area contributed by atoms with Gasteiger partial charge >= 0.3 is 11.9 Å². The monoisotopic (exact) mass is 595 g/mol. The second-order valence-corrected chi connectivity index (χ2v) is 14.3. The molecule has 8 atom stereocenters. The molecular formula is C33H41NO9. The summed E-state index contributed by atoms with van der Waals surface area (Å²) in [6, 6.07) is 3.40. The average Bonchev–Trinajstić information content (AvgIpc) is 3.88. The maximum Gasteiger partial charge on any atom is 0.309 e. The van der Waals surface area contributed by atoms with Gasteiger partial charge in [-0.05, 0) is 69.3 Å². The van der Waals surface area contributed by atoms with Gasteiger partial charge in [0.25, 0.3) is 0 Å². The Morgan fingerprint density at radius 1 is 1.09 bits per heavy atom. The van der Waals surface area contributed by atoms with Crippen molar-refractivity contribution in [3.63, 3.8) is 0 Å². The van der Waals surface area contributed by atoms with Gasteiger partial charge in [0.05, 0.1) is 29.6 Å². The summed E-state index contributed by atoms with van der Waals surface area (Å²) in [7, 11) is 0. The first-order valence-corrected chi connectivity index (χ1v) is 15.6. The Labute approximate surface area is 251 Å². The Morgan fingerprint density at radius 2 is 1.81 bits per heavy atom. The van der Waals surface area contributed by atoms with Gasteiger partial charge in [-0.2, -0.15) is 4.73 Å². The number of carbonyl (C=O) groups excluding carboxylic acids is 2. The predicted octanol–water partition coefficient (Wildman–Crippen LogP) is 3.17. The molecule has 0 unspecified atom stereocenters. The quantitative estimate of drug-likeness (QED) is 0.288. The van der Waals surface area contributed by atoms with Crippen LogP contribution in [-0.4, -0.2) is 59.3 Å². The van der Waals surface area contributed by atoms with Gasteiger partial charge in [-0.25, -0.2) is 0 Å². The zero-order valence-corrected chi connectivity index (χ0v) is 25.0. The van der Waals surface area contributed by atoms with Crippen molar-refractivity contribution in [3.05, 3.63) is 52.7 Å². The van der Waals surface area contributed by atoms with Crippen LogP contribution in [0.5, 0.6) is 0 Å². The number of esters is 2. The highest BCUT2D eigenvalue weighted by molar-refractivity contribution is 5.75. The van der Waals surface area contributed by atoms with Crippen LogP contribution in [0.2, 0.25) is 0 Å². The minimum Gasteiger partial charge on any atom is -0.619 e. The van der Waals surface area contributed by atoms with Crippen LogP contribution in [0.4, 0.5) is 0 Å². The Balaban J connectivity index is 1.23. The van der Waals surface area contributed by atoms with E-state index in [0.29, 0.717) is 46.6 Å². The summed E-state index contributed by atoms with van der Waals surface area (Å²) < 4.78 is 25.4. The fourth-order valence-electron chi connectivity index (χ4n) is 8.58. The van der Waals surface area contributed by atoms with E-state index in [9.17, 15) is 25.0 Å². The number of pyridine rings is 1. The molecule has 0 saturated heterocycles. The van der Waals surface area contributed by atoms with Gasteiger partial charge in [-0.15, -0.1) is 0 Å². The summed E-state index contributed by atoms with van der Waals surface area (Å²) in [5.41, 5.74) is -1.26. The molecule has 1 aromatic heterocycles. The van der Waals surface area contributed by atoms with Crippen LogP contribution in [0.3, 0.4) is 0 Å². The number of hydrogen-bond acceptors (Lipinski definition) is 9. The van der Waals surface area contributed by atoms with E-state index in [-0.39, 0.29) is 42.9 Å². The van der Waals surface area contributed by atoms with Crippen molar-refractivity contribution in [2.75, 3.05) is 13.2 Å². The second kappa shape index (κ2) is 9.95. The lowest BCUT2D eigenvalue weighted by Gasteiger charge is -2.66. The first-order chi connectivity index (χ1) is 20.4. The number of aromatic nitrogens is 1. The van der Waals surface area contributed by atoms with Crippen molar-refractivity contribution in [1.82, 2.24) is 0 Å². The fraction of sp³-hybridized carbons (Fsp3) is 0.667. The van der Waals surface area contributed by atoms with E-state index in [1.165, 1.54) is 12.4 Å². The van der Waals surface area contributed by atoms with Crippen molar-refractivity contribution < 1.29 is 43.5 Å². The van der Waals surface area contributed by atoms with Crippen LogP contribution in [0.15, 0.2) is 41.9 Å². The third-order valence-electron chi connectivity index (χ3n) is 11.4. The van der Waals surface area contributed by atoms with E-state index in [1.54, 1.807) is 18.2 Å². The topological polar surface area (TPSA) is 138 Å². The van der Waals surface area contributed by atoms with Crippen molar-refractivity contribution in [2.45, 2.75) is 89.6 Å². The molecule has 10 heteroatoms. The Bertz CT molecular complexity index is 1400. The zero-order valence-electron chi connectivity index (χ0n) is 25.0. The molecule has 0 spiro atoms. The summed E-state index contributed by atoms with van der Waals surface area (Å²) in [6.45, 7) is 6.16. The van der Waals surface area contributed by atoms with Gasteiger partial charge in [0.15, 0.2) is 12.4 Å². The maximum atomic E-state index is 12.9. The molecule has 2 aliphatic heterocycles. The van der Waals surface area contributed by atoms with Gasteiger partial charge in [0.1, 0.15) is 36.4 Å². The van der Waals surface area contributed by atoms with E-state index in [0.717, 1.165) is 25.7 Å². The highest BCUT2D eigenvalue weighted by Gasteiger charge is 2.70. The summed E-state index contributed by atoms with van der Waals surface area (Å²) in [5.74, 6) is -0.398. The number of aliphatic hydroxyl groups is 2. The normalized spacial score (nSPS) is 40.1.